The molecular formula is C17H18ClN3O4. The van der Waals surface area contributed by atoms with E-state index in [0.29, 0.717) is 11.4 Å². The van der Waals surface area contributed by atoms with E-state index in [1.54, 1.807) is 20.1 Å². The third-order valence-electron chi connectivity index (χ3n) is 3.54. The van der Waals surface area contributed by atoms with Gasteiger partial charge in [0.25, 0.3) is 5.69 Å². The quantitative estimate of drug-likeness (QED) is 0.597. The second-order valence-corrected chi connectivity index (χ2v) is 5.89. The van der Waals surface area contributed by atoms with Crippen LogP contribution in [0.4, 0.5) is 17.1 Å². The predicted octanol–water partition coefficient (Wildman–Crippen LogP) is 4.00. The van der Waals surface area contributed by atoms with Crippen molar-refractivity contribution in [1.29, 1.82) is 0 Å². The zero-order chi connectivity index (χ0) is 18.6. The van der Waals surface area contributed by atoms with E-state index in [0.717, 1.165) is 5.56 Å². The van der Waals surface area contributed by atoms with Gasteiger partial charge in [-0.15, -0.1) is 0 Å². The molecule has 0 saturated heterocycles. The fourth-order valence-corrected chi connectivity index (χ4v) is 2.36. The molecule has 0 unspecified atom stereocenters. The highest BCUT2D eigenvalue weighted by Crippen LogP contribution is 2.28. The number of carbonyl (C=O) groups is 1. The Labute approximate surface area is 150 Å². The van der Waals surface area contributed by atoms with Crippen LogP contribution in [0.15, 0.2) is 36.4 Å². The van der Waals surface area contributed by atoms with E-state index in [4.69, 9.17) is 16.3 Å². The summed E-state index contributed by atoms with van der Waals surface area (Å²) >= 11 is 6.00. The zero-order valence-corrected chi connectivity index (χ0v) is 14.8. The van der Waals surface area contributed by atoms with E-state index in [1.165, 1.54) is 18.2 Å². The third-order valence-corrected chi connectivity index (χ3v) is 3.87. The molecule has 0 bridgehead atoms. The first kappa shape index (κ1) is 18.5. The van der Waals surface area contributed by atoms with Gasteiger partial charge >= 0.3 is 0 Å². The smallest absolute Gasteiger partial charge is 0.271 e. The summed E-state index contributed by atoms with van der Waals surface area (Å²) in [5.41, 5.74) is 1.72. The summed E-state index contributed by atoms with van der Waals surface area (Å²) in [7, 11) is 1.55. The number of halogens is 1. The van der Waals surface area contributed by atoms with Crippen LogP contribution in [-0.4, -0.2) is 24.0 Å². The Balaban J connectivity index is 2.15. The van der Waals surface area contributed by atoms with E-state index in [1.807, 2.05) is 19.1 Å². The van der Waals surface area contributed by atoms with Gasteiger partial charge in [-0.05, 0) is 37.6 Å². The summed E-state index contributed by atoms with van der Waals surface area (Å²) in [5, 5.41) is 16.7. The van der Waals surface area contributed by atoms with Crippen molar-refractivity contribution in [2.75, 3.05) is 17.7 Å². The maximum absolute atomic E-state index is 12.4. The van der Waals surface area contributed by atoms with Crippen LogP contribution in [0.5, 0.6) is 5.75 Å². The Kier molecular flexibility index (Phi) is 5.82. The number of nitrogens with zero attached hydrogens (tertiary/aromatic N) is 1. The number of hydrogen-bond donors (Lipinski definition) is 2. The largest absolute Gasteiger partial charge is 0.495 e. The van der Waals surface area contributed by atoms with Gasteiger partial charge in [0.2, 0.25) is 5.91 Å². The van der Waals surface area contributed by atoms with Gasteiger partial charge in [-0.1, -0.05) is 17.7 Å². The van der Waals surface area contributed by atoms with E-state index in [2.05, 4.69) is 10.6 Å². The minimum Gasteiger partial charge on any atom is -0.495 e. The number of methoxy groups -OCH3 is 1. The number of ether oxygens (including phenoxy) is 1. The van der Waals surface area contributed by atoms with Crippen LogP contribution >= 0.6 is 11.6 Å². The van der Waals surface area contributed by atoms with Crippen LogP contribution in [0.2, 0.25) is 5.02 Å². The number of anilines is 2. The first-order chi connectivity index (χ1) is 11.8. The lowest BCUT2D eigenvalue weighted by molar-refractivity contribution is -0.384. The van der Waals surface area contributed by atoms with E-state index >= 15 is 0 Å². The Morgan fingerprint density at radius 1 is 1.24 bits per heavy atom. The maximum Gasteiger partial charge on any atom is 0.271 e. The summed E-state index contributed by atoms with van der Waals surface area (Å²) in [6.07, 6.45) is 0. The van der Waals surface area contributed by atoms with Crippen molar-refractivity contribution in [1.82, 2.24) is 0 Å². The number of nitro groups is 1. The average molecular weight is 364 g/mol. The standard InChI is InChI=1S/C17H18ClN3O4/c1-10-4-7-16(25-3)15(8-10)19-11(2)17(22)20-14-9-12(21(23)24)5-6-13(14)18/h4-9,11,19H,1-3H3,(H,20,22)/t11-/m0/s1. The maximum atomic E-state index is 12.4. The molecule has 8 heteroatoms. The summed E-state index contributed by atoms with van der Waals surface area (Å²) in [5.74, 6) is 0.226. The fraction of sp³-hybridized carbons (Fsp3) is 0.235. The number of amides is 1. The normalized spacial score (nSPS) is 11.5. The van der Waals surface area contributed by atoms with Crippen molar-refractivity contribution in [2.24, 2.45) is 0 Å². The molecule has 7 nitrogen and oxygen atoms in total. The van der Waals surface area contributed by atoms with Crippen molar-refractivity contribution in [2.45, 2.75) is 19.9 Å². The number of non-ortho nitro benzene ring substituents is 1. The van der Waals surface area contributed by atoms with Gasteiger partial charge in [0.1, 0.15) is 11.8 Å². The molecule has 0 aliphatic carbocycles. The van der Waals surface area contributed by atoms with Crippen LogP contribution < -0.4 is 15.4 Å². The highest BCUT2D eigenvalue weighted by Gasteiger charge is 2.18. The molecule has 0 spiro atoms. The average Bonchev–Trinajstić information content (AvgIpc) is 2.56. The lowest BCUT2D eigenvalue weighted by Crippen LogP contribution is -2.32. The van der Waals surface area contributed by atoms with Crippen molar-refractivity contribution in [3.63, 3.8) is 0 Å². The number of benzene rings is 2. The predicted molar refractivity (Wildman–Crippen MR) is 97.6 cm³/mol. The number of nitro benzene ring substituents is 1. The highest BCUT2D eigenvalue weighted by molar-refractivity contribution is 6.33. The molecule has 1 atom stereocenters. The molecule has 0 saturated carbocycles. The molecule has 0 aliphatic rings. The second kappa shape index (κ2) is 7.85. The highest BCUT2D eigenvalue weighted by atomic mass is 35.5. The monoisotopic (exact) mass is 363 g/mol. The molecule has 0 aliphatic heterocycles. The van der Waals surface area contributed by atoms with Gasteiger partial charge < -0.3 is 15.4 Å². The van der Waals surface area contributed by atoms with Crippen molar-refractivity contribution in [3.8, 4) is 5.75 Å². The number of aryl methyl sites for hydroxylation is 1. The fourth-order valence-electron chi connectivity index (χ4n) is 2.20. The van der Waals surface area contributed by atoms with Crippen LogP contribution in [-0.2, 0) is 4.79 Å². The van der Waals surface area contributed by atoms with Crippen molar-refractivity contribution >= 4 is 34.6 Å². The summed E-state index contributed by atoms with van der Waals surface area (Å²) < 4.78 is 5.27. The van der Waals surface area contributed by atoms with Gasteiger partial charge in [0.15, 0.2) is 0 Å². The zero-order valence-electron chi connectivity index (χ0n) is 14.0. The number of carbonyl (C=O) groups excluding carboxylic acids is 1. The molecule has 0 aromatic heterocycles. The summed E-state index contributed by atoms with van der Waals surface area (Å²) in [6, 6.07) is 8.82. The van der Waals surface area contributed by atoms with Crippen LogP contribution in [0, 0.1) is 17.0 Å². The number of rotatable bonds is 6. The topological polar surface area (TPSA) is 93.5 Å². The number of nitrogens with one attached hydrogen (secondary N) is 2. The third kappa shape index (κ3) is 4.60. The molecule has 0 radical (unpaired) electrons. The molecular weight excluding hydrogens is 346 g/mol. The molecule has 132 valence electrons. The summed E-state index contributed by atoms with van der Waals surface area (Å²) in [4.78, 5) is 22.7. The van der Waals surface area contributed by atoms with Gasteiger partial charge in [0, 0.05) is 12.1 Å². The molecule has 2 aromatic carbocycles. The van der Waals surface area contributed by atoms with E-state index < -0.39 is 11.0 Å². The summed E-state index contributed by atoms with van der Waals surface area (Å²) in [6.45, 7) is 3.60. The number of hydrogen-bond acceptors (Lipinski definition) is 5. The lowest BCUT2D eigenvalue weighted by Gasteiger charge is -2.18. The van der Waals surface area contributed by atoms with Crippen LogP contribution in [0.3, 0.4) is 0 Å². The molecule has 25 heavy (non-hydrogen) atoms. The molecule has 0 fully saturated rings. The minimum absolute atomic E-state index is 0.152. The first-order valence-corrected chi connectivity index (χ1v) is 7.85. The van der Waals surface area contributed by atoms with Crippen molar-refractivity contribution < 1.29 is 14.5 Å². The second-order valence-electron chi connectivity index (χ2n) is 5.48. The van der Waals surface area contributed by atoms with Gasteiger partial charge in [-0.3, -0.25) is 14.9 Å². The molecule has 0 heterocycles. The van der Waals surface area contributed by atoms with Crippen LogP contribution in [0.1, 0.15) is 12.5 Å². The van der Waals surface area contributed by atoms with Crippen LogP contribution in [0.25, 0.3) is 0 Å². The molecule has 2 aromatic rings. The molecule has 2 rings (SSSR count). The Morgan fingerprint density at radius 3 is 2.60 bits per heavy atom. The Hall–Kier alpha value is -2.80. The molecule has 2 N–H and O–H groups in total. The van der Waals surface area contributed by atoms with Gasteiger partial charge in [-0.25, -0.2) is 0 Å². The minimum atomic E-state index is -0.619. The Bertz CT molecular complexity index is 810. The van der Waals surface area contributed by atoms with E-state index in [-0.39, 0.29) is 22.3 Å². The van der Waals surface area contributed by atoms with Crippen molar-refractivity contribution in [3.05, 3.63) is 57.1 Å². The molecule has 1 amide bonds. The van der Waals surface area contributed by atoms with Gasteiger partial charge in [-0.2, -0.15) is 0 Å². The Morgan fingerprint density at radius 2 is 1.96 bits per heavy atom. The van der Waals surface area contributed by atoms with E-state index in [9.17, 15) is 14.9 Å². The SMILES string of the molecule is COc1ccc(C)cc1N[C@@H](C)C(=O)Nc1cc([N+](=O)[O-])ccc1Cl. The lowest BCUT2D eigenvalue weighted by atomic mass is 10.2. The van der Waals surface area contributed by atoms with Gasteiger partial charge in [0.05, 0.1) is 28.4 Å². The first-order valence-electron chi connectivity index (χ1n) is 7.48.